The summed E-state index contributed by atoms with van der Waals surface area (Å²) in [6, 6.07) is 20.3. The van der Waals surface area contributed by atoms with Crippen LogP contribution in [0.5, 0.6) is 0 Å². The third-order valence-electron chi connectivity index (χ3n) is 5.40. The number of rotatable bonds is 7. The fourth-order valence-electron chi connectivity index (χ4n) is 3.94. The molecule has 1 fully saturated rings. The van der Waals surface area contributed by atoms with Crippen LogP contribution in [-0.2, 0) is 12.0 Å². The standard InChI is InChI=1S/C22H28N2O2/c25-16-15-24(17-19-9-3-1-4-10-19)21(26)23-18-22(13-7-8-14-22)20-11-5-2-6-12-20/h1-6,9-12,25H,7-8,13-18H2,(H,23,26). The highest BCUT2D eigenvalue weighted by molar-refractivity contribution is 5.74. The van der Waals surface area contributed by atoms with Gasteiger partial charge in [-0.3, -0.25) is 0 Å². The van der Waals surface area contributed by atoms with Gasteiger partial charge in [0.25, 0.3) is 0 Å². The van der Waals surface area contributed by atoms with Crippen LogP contribution < -0.4 is 5.32 Å². The first-order valence-electron chi connectivity index (χ1n) is 9.47. The summed E-state index contributed by atoms with van der Waals surface area (Å²) in [6.07, 6.45) is 4.62. The van der Waals surface area contributed by atoms with E-state index in [4.69, 9.17) is 0 Å². The van der Waals surface area contributed by atoms with Crippen LogP contribution in [0.1, 0.15) is 36.8 Å². The molecule has 2 aromatic rings. The van der Waals surface area contributed by atoms with Crippen molar-refractivity contribution in [1.29, 1.82) is 0 Å². The van der Waals surface area contributed by atoms with E-state index in [1.165, 1.54) is 18.4 Å². The summed E-state index contributed by atoms with van der Waals surface area (Å²) in [5.41, 5.74) is 2.42. The second-order valence-electron chi connectivity index (χ2n) is 7.14. The number of hydrogen-bond acceptors (Lipinski definition) is 2. The molecule has 26 heavy (non-hydrogen) atoms. The Morgan fingerprint density at radius 2 is 1.62 bits per heavy atom. The van der Waals surface area contributed by atoms with Crippen molar-refractivity contribution in [1.82, 2.24) is 10.2 Å². The minimum Gasteiger partial charge on any atom is -0.395 e. The van der Waals surface area contributed by atoms with Crippen molar-refractivity contribution < 1.29 is 9.90 Å². The molecular weight excluding hydrogens is 324 g/mol. The number of nitrogens with one attached hydrogen (secondary N) is 1. The van der Waals surface area contributed by atoms with Gasteiger partial charge in [0.2, 0.25) is 0 Å². The van der Waals surface area contributed by atoms with Gasteiger partial charge in [-0.1, -0.05) is 73.5 Å². The number of aliphatic hydroxyl groups is 1. The number of benzene rings is 2. The first kappa shape index (κ1) is 18.5. The van der Waals surface area contributed by atoms with Gasteiger partial charge in [0.05, 0.1) is 6.61 Å². The highest BCUT2D eigenvalue weighted by Gasteiger charge is 2.36. The molecule has 0 radical (unpaired) electrons. The minimum absolute atomic E-state index is 0.0363. The molecule has 1 saturated carbocycles. The third kappa shape index (κ3) is 4.44. The SMILES string of the molecule is O=C(NCC1(c2ccccc2)CCCC1)N(CCO)Cc1ccccc1. The van der Waals surface area contributed by atoms with Gasteiger partial charge in [0.1, 0.15) is 0 Å². The van der Waals surface area contributed by atoms with Crippen molar-refractivity contribution in [3.63, 3.8) is 0 Å². The smallest absolute Gasteiger partial charge is 0.317 e. The van der Waals surface area contributed by atoms with Crippen LogP contribution in [0.25, 0.3) is 0 Å². The van der Waals surface area contributed by atoms with Crippen molar-refractivity contribution in [2.45, 2.75) is 37.6 Å². The molecule has 1 aliphatic rings. The van der Waals surface area contributed by atoms with Gasteiger partial charge in [-0.25, -0.2) is 4.79 Å². The first-order chi connectivity index (χ1) is 12.7. The van der Waals surface area contributed by atoms with E-state index >= 15 is 0 Å². The largest absolute Gasteiger partial charge is 0.395 e. The van der Waals surface area contributed by atoms with Crippen molar-refractivity contribution >= 4 is 6.03 Å². The van der Waals surface area contributed by atoms with Gasteiger partial charge < -0.3 is 15.3 Å². The second kappa shape index (κ2) is 8.86. The van der Waals surface area contributed by atoms with E-state index in [9.17, 15) is 9.90 Å². The summed E-state index contributed by atoms with van der Waals surface area (Å²) in [4.78, 5) is 14.5. The van der Waals surface area contributed by atoms with Crippen molar-refractivity contribution in [2.75, 3.05) is 19.7 Å². The maximum absolute atomic E-state index is 12.8. The Morgan fingerprint density at radius 1 is 1.00 bits per heavy atom. The molecule has 2 amide bonds. The van der Waals surface area contributed by atoms with Crippen LogP contribution in [-0.4, -0.2) is 35.7 Å². The number of carbonyl (C=O) groups is 1. The lowest BCUT2D eigenvalue weighted by Crippen LogP contribution is -2.46. The van der Waals surface area contributed by atoms with E-state index in [2.05, 4.69) is 29.6 Å². The third-order valence-corrected chi connectivity index (χ3v) is 5.40. The molecule has 138 valence electrons. The van der Waals surface area contributed by atoms with Crippen molar-refractivity contribution in [3.8, 4) is 0 Å². The van der Waals surface area contributed by atoms with Crippen LogP contribution in [0.4, 0.5) is 4.79 Å². The van der Waals surface area contributed by atoms with E-state index in [0.717, 1.165) is 18.4 Å². The molecule has 3 rings (SSSR count). The van der Waals surface area contributed by atoms with E-state index in [0.29, 0.717) is 19.6 Å². The fraction of sp³-hybridized carbons (Fsp3) is 0.409. The number of amides is 2. The lowest BCUT2D eigenvalue weighted by atomic mass is 9.79. The van der Waals surface area contributed by atoms with Gasteiger partial charge in [-0.15, -0.1) is 0 Å². The highest BCUT2D eigenvalue weighted by atomic mass is 16.3. The quantitative estimate of drug-likeness (QED) is 0.798. The number of carbonyl (C=O) groups excluding carboxylic acids is 1. The summed E-state index contributed by atoms with van der Waals surface area (Å²) in [5.74, 6) is 0. The van der Waals surface area contributed by atoms with E-state index in [-0.39, 0.29) is 18.1 Å². The maximum atomic E-state index is 12.8. The molecule has 0 heterocycles. The molecule has 0 spiro atoms. The van der Waals surface area contributed by atoms with Gasteiger partial charge in [0, 0.05) is 25.0 Å². The normalized spacial score (nSPS) is 15.6. The summed E-state index contributed by atoms with van der Waals surface area (Å²) in [7, 11) is 0. The van der Waals surface area contributed by atoms with Crippen LogP contribution >= 0.6 is 0 Å². The summed E-state index contributed by atoms with van der Waals surface area (Å²) in [6.45, 7) is 1.45. The Labute approximate surface area is 155 Å². The molecule has 0 saturated heterocycles. The van der Waals surface area contributed by atoms with E-state index in [1.54, 1.807) is 4.90 Å². The monoisotopic (exact) mass is 352 g/mol. The molecule has 2 aromatic carbocycles. The number of aliphatic hydroxyl groups excluding tert-OH is 1. The van der Waals surface area contributed by atoms with E-state index < -0.39 is 0 Å². The average Bonchev–Trinajstić information content (AvgIpc) is 3.17. The molecule has 2 N–H and O–H groups in total. The number of urea groups is 1. The summed E-state index contributed by atoms with van der Waals surface area (Å²) < 4.78 is 0. The van der Waals surface area contributed by atoms with Crippen LogP contribution in [0, 0.1) is 0 Å². The van der Waals surface area contributed by atoms with E-state index in [1.807, 2.05) is 36.4 Å². The molecular formula is C22H28N2O2. The van der Waals surface area contributed by atoms with Crippen LogP contribution in [0.2, 0.25) is 0 Å². The van der Waals surface area contributed by atoms with Gasteiger partial charge in [-0.2, -0.15) is 0 Å². The topological polar surface area (TPSA) is 52.6 Å². The Morgan fingerprint density at radius 3 is 2.23 bits per heavy atom. The fourth-order valence-corrected chi connectivity index (χ4v) is 3.94. The molecule has 4 nitrogen and oxygen atoms in total. The van der Waals surface area contributed by atoms with Crippen LogP contribution in [0.3, 0.4) is 0 Å². The predicted octanol–water partition coefficient (Wildman–Crippen LogP) is 3.70. The Balaban J connectivity index is 1.66. The second-order valence-corrected chi connectivity index (χ2v) is 7.14. The maximum Gasteiger partial charge on any atom is 0.317 e. The summed E-state index contributed by atoms with van der Waals surface area (Å²) in [5, 5.41) is 12.5. The molecule has 0 aliphatic heterocycles. The molecule has 0 aromatic heterocycles. The molecule has 0 unspecified atom stereocenters. The Hall–Kier alpha value is -2.33. The zero-order valence-corrected chi connectivity index (χ0v) is 15.2. The zero-order valence-electron chi connectivity index (χ0n) is 15.2. The molecule has 0 bridgehead atoms. The molecule has 4 heteroatoms. The lowest BCUT2D eigenvalue weighted by Gasteiger charge is -2.31. The van der Waals surface area contributed by atoms with Crippen molar-refractivity contribution in [2.24, 2.45) is 0 Å². The number of hydrogen-bond donors (Lipinski definition) is 2. The van der Waals surface area contributed by atoms with Crippen LogP contribution in [0.15, 0.2) is 60.7 Å². The predicted molar refractivity (Wildman–Crippen MR) is 104 cm³/mol. The van der Waals surface area contributed by atoms with Gasteiger partial charge in [0.15, 0.2) is 0 Å². The first-order valence-corrected chi connectivity index (χ1v) is 9.47. The van der Waals surface area contributed by atoms with Crippen molar-refractivity contribution in [3.05, 3.63) is 71.8 Å². The minimum atomic E-state index is -0.106. The molecule has 0 atom stereocenters. The zero-order chi connectivity index (χ0) is 18.2. The summed E-state index contributed by atoms with van der Waals surface area (Å²) >= 11 is 0. The molecule has 1 aliphatic carbocycles. The van der Waals surface area contributed by atoms with Gasteiger partial charge in [-0.05, 0) is 24.0 Å². The highest BCUT2D eigenvalue weighted by Crippen LogP contribution is 2.40. The lowest BCUT2D eigenvalue weighted by molar-refractivity contribution is 0.171. The number of nitrogens with zero attached hydrogens (tertiary/aromatic N) is 1. The average molecular weight is 352 g/mol. The van der Waals surface area contributed by atoms with Gasteiger partial charge >= 0.3 is 6.03 Å². The Kier molecular flexibility index (Phi) is 6.29. The Bertz CT molecular complexity index is 682.